The molecule has 2 aromatic carbocycles. The van der Waals surface area contributed by atoms with Gasteiger partial charge in [-0.15, -0.1) is 0 Å². The lowest BCUT2D eigenvalue weighted by atomic mass is 9.64. The Bertz CT molecular complexity index is 1250. The van der Waals surface area contributed by atoms with Crippen molar-refractivity contribution in [1.82, 2.24) is 9.78 Å². The summed E-state index contributed by atoms with van der Waals surface area (Å²) in [6.45, 7) is 9.34. The standard InChI is InChI=1S/C30H37BN2O3/c1-29(2)30(3,4)36-31(35-29)28(27(22-13-10-14-22)21-11-6-5-7-12-21)23-16-17-25-24(19-23)20-32-33(25)26-15-8-9-18-34-26/h5-7,11-12,16-17,19-20,22,26H,8-10,13-15,18H2,1-4H3/b28-27+. The molecule has 3 heterocycles. The molecule has 1 unspecified atom stereocenters. The molecule has 3 aromatic rings. The highest BCUT2D eigenvalue weighted by molar-refractivity contribution is 6.71. The van der Waals surface area contributed by atoms with E-state index < -0.39 is 18.3 Å². The molecule has 1 atom stereocenters. The molecule has 0 bridgehead atoms. The Hall–Kier alpha value is -2.41. The van der Waals surface area contributed by atoms with Crippen LogP contribution in [0.3, 0.4) is 0 Å². The molecule has 0 spiro atoms. The van der Waals surface area contributed by atoms with Crippen LogP contribution in [0.2, 0.25) is 0 Å². The summed E-state index contributed by atoms with van der Waals surface area (Å²) in [4.78, 5) is 0. The average molecular weight is 484 g/mol. The van der Waals surface area contributed by atoms with Gasteiger partial charge in [-0.1, -0.05) is 42.8 Å². The first-order chi connectivity index (χ1) is 17.3. The maximum absolute atomic E-state index is 6.69. The van der Waals surface area contributed by atoms with Crippen LogP contribution >= 0.6 is 0 Å². The molecule has 2 aliphatic heterocycles. The van der Waals surface area contributed by atoms with Crippen LogP contribution in [-0.2, 0) is 14.0 Å². The monoisotopic (exact) mass is 484 g/mol. The normalized spacial score (nSPS) is 24.6. The van der Waals surface area contributed by atoms with Crippen molar-refractivity contribution >= 4 is 29.1 Å². The highest BCUT2D eigenvalue weighted by Gasteiger charge is 2.53. The number of fused-ring (bicyclic) bond motifs is 1. The molecule has 188 valence electrons. The minimum absolute atomic E-state index is 0.0232. The third kappa shape index (κ3) is 4.13. The van der Waals surface area contributed by atoms with Crippen LogP contribution in [0.5, 0.6) is 0 Å². The summed E-state index contributed by atoms with van der Waals surface area (Å²) in [6.07, 6.45) is 8.99. The molecule has 5 nitrogen and oxygen atoms in total. The minimum Gasteiger partial charge on any atom is -0.399 e. The summed E-state index contributed by atoms with van der Waals surface area (Å²) in [5.41, 5.74) is 5.24. The van der Waals surface area contributed by atoms with E-state index in [2.05, 4.69) is 80.9 Å². The van der Waals surface area contributed by atoms with E-state index in [-0.39, 0.29) is 6.23 Å². The fourth-order valence-corrected chi connectivity index (χ4v) is 5.67. The summed E-state index contributed by atoms with van der Waals surface area (Å²) in [5.74, 6) is 0.510. The van der Waals surface area contributed by atoms with Gasteiger partial charge in [0.25, 0.3) is 0 Å². The van der Waals surface area contributed by atoms with E-state index in [4.69, 9.17) is 19.1 Å². The van der Waals surface area contributed by atoms with Crippen LogP contribution in [0.1, 0.15) is 83.6 Å². The molecule has 3 fully saturated rings. The van der Waals surface area contributed by atoms with Crippen LogP contribution in [-0.4, -0.2) is 34.7 Å². The van der Waals surface area contributed by atoms with Gasteiger partial charge in [-0.2, -0.15) is 5.10 Å². The van der Waals surface area contributed by atoms with Gasteiger partial charge in [-0.05, 0) is 100 Å². The lowest BCUT2D eigenvalue weighted by Gasteiger charge is -2.32. The number of ether oxygens (including phenoxy) is 1. The van der Waals surface area contributed by atoms with Gasteiger partial charge in [-0.25, -0.2) is 4.68 Å². The van der Waals surface area contributed by atoms with Crippen LogP contribution < -0.4 is 0 Å². The lowest BCUT2D eigenvalue weighted by molar-refractivity contribution is -0.0366. The summed E-state index contributed by atoms with van der Waals surface area (Å²) in [6, 6.07) is 17.5. The van der Waals surface area contributed by atoms with Gasteiger partial charge in [-0.3, -0.25) is 0 Å². The maximum atomic E-state index is 6.69. The fraction of sp³-hybridized carbons (Fsp3) is 0.500. The molecule has 1 aromatic heterocycles. The Kier molecular flexibility index (Phi) is 6.10. The SMILES string of the molecule is CC1(C)OB(/C(=C(\c2ccccc2)C2CCC2)c2ccc3c(cnn3C3CCCCO3)c2)OC1(C)C. The highest BCUT2D eigenvalue weighted by atomic mass is 16.7. The molecule has 0 amide bonds. The Labute approximate surface area is 215 Å². The molecule has 2 saturated heterocycles. The fourth-order valence-electron chi connectivity index (χ4n) is 5.67. The summed E-state index contributed by atoms with van der Waals surface area (Å²) in [7, 11) is -0.431. The molecule has 6 rings (SSSR count). The minimum atomic E-state index is -0.431. The lowest BCUT2D eigenvalue weighted by Crippen LogP contribution is -2.41. The zero-order valence-electron chi connectivity index (χ0n) is 22.0. The van der Waals surface area contributed by atoms with Crippen molar-refractivity contribution in [2.75, 3.05) is 6.61 Å². The van der Waals surface area contributed by atoms with Crippen molar-refractivity contribution in [3.05, 3.63) is 65.9 Å². The molecule has 0 radical (unpaired) electrons. The number of aromatic nitrogens is 2. The Morgan fingerprint density at radius 2 is 1.64 bits per heavy atom. The molecular formula is C30H37BN2O3. The van der Waals surface area contributed by atoms with Gasteiger partial charge in [0.15, 0.2) is 6.23 Å². The molecule has 36 heavy (non-hydrogen) atoms. The van der Waals surface area contributed by atoms with E-state index in [1.54, 1.807) is 0 Å². The second-order valence-corrected chi connectivity index (χ2v) is 11.6. The second-order valence-electron chi connectivity index (χ2n) is 11.6. The first kappa shape index (κ1) is 24.0. The van der Waals surface area contributed by atoms with Crippen molar-refractivity contribution in [2.45, 2.75) is 83.6 Å². The molecule has 0 N–H and O–H groups in total. The second kappa shape index (κ2) is 9.16. The van der Waals surface area contributed by atoms with E-state index in [0.29, 0.717) is 5.92 Å². The van der Waals surface area contributed by atoms with Crippen molar-refractivity contribution in [1.29, 1.82) is 0 Å². The number of allylic oxidation sites excluding steroid dienone is 1. The molecular weight excluding hydrogens is 447 g/mol. The van der Waals surface area contributed by atoms with E-state index in [0.717, 1.165) is 41.4 Å². The van der Waals surface area contributed by atoms with Crippen LogP contribution in [0.25, 0.3) is 21.9 Å². The van der Waals surface area contributed by atoms with E-state index in [1.807, 2.05) is 6.20 Å². The van der Waals surface area contributed by atoms with Gasteiger partial charge < -0.3 is 14.0 Å². The van der Waals surface area contributed by atoms with Crippen LogP contribution in [0.4, 0.5) is 0 Å². The van der Waals surface area contributed by atoms with Crippen LogP contribution in [0, 0.1) is 5.92 Å². The van der Waals surface area contributed by atoms with Crippen molar-refractivity contribution in [3.63, 3.8) is 0 Å². The third-order valence-corrected chi connectivity index (χ3v) is 8.71. The van der Waals surface area contributed by atoms with Crippen molar-refractivity contribution in [3.8, 4) is 0 Å². The van der Waals surface area contributed by atoms with Gasteiger partial charge >= 0.3 is 7.12 Å². The number of hydrogen-bond acceptors (Lipinski definition) is 4. The zero-order chi connectivity index (χ0) is 24.9. The van der Waals surface area contributed by atoms with Crippen molar-refractivity contribution < 1.29 is 14.0 Å². The first-order valence-electron chi connectivity index (χ1n) is 13.6. The van der Waals surface area contributed by atoms with Gasteiger partial charge in [0.2, 0.25) is 0 Å². The summed E-state index contributed by atoms with van der Waals surface area (Å²) < 4.78 is 21.5. The Balaban J connectivity index is 1.50. The van der Waals surface area contributed by atoms with E-state index >= 15 is 0 Å². The maximum Gasteiger partial charge on any atom is 0.495 e. The quantitative estimate of drug-likeness (QED) is 0.287. The predicted molar refractivity (Wildman–Crippen MR) is 145 cm³/mol. The Morgan fingerprint density at radius 3 is 2.28 bits per heavy atom. The van der Waals surface area contributed by atoms with E-state index in [1.165, 1.54) is 36.8 Å². The highest BCUT2D eigenvalue weighted by Crippen LogP contribution is 2.48. The summed E-state index contributed by atoms with van der Waals surface area (Å²) in [5, 5.41) is 5.86. The van der Waals surface area contributed by atoms with Crippen LogP contribution in [0.15, 0.2) is 54.7 Å². The average Bonchev–Trinajstić information content (AvgIpc) is 3.35. The third-order valence-electron chi connectivity index (χ3n) is 8.71. The van der Waals surface area contributed by atoms with Gasteiger partial charge in [0, 0.05) is 12.0 Å². The first-order valence-corrected chi connectivity index (χ1v) is 13.6. The zero-order valence-corrected chi connectivity index (χ0v) is 22.0. The Morgan fingerprint density at radius 1 is 0.889 bits per heavy atom. The largest absolute Gasteiger partial charge is 0.495 e. The number of nitrogens with zero attached hydrogens (tertiary/aromatic N) is 2. The number of rotatable bonds is 5. The van der Waals surface area contributed by atoms with Gasteiger partial charge in [0.05, 0.1) is 22.9 Å². The van der Waals surface area contributed by atoms with Crippen molar-refractivity contribution in [2.24, 2.45) is 5.92 Å². The predicted octanol–water partition coefficient (Wildman–Crippen LogP) is 7.08. The van der Waals surface area contributed by atoms with E-state index in [9.17, 15) is 0 Å². The van der Waals surface area contributed by atoms with Gasteiger partial charge in [0.1, 0.15) is 0 Å². The number of hydrogen-bond donors (Lipinski definition) is 0. The summed E-state index contributed by atoms with van der Waals surface area (Å²) >= 11 is 0. The smallest absolute Gasteiger partial charge is 0.399 e. The number of benzene rings is 2. The molecule has 6 heteroatoms. The topological polar surface area (TPSA) is 45.5 Å². The molecule has 3 aliphatic rings. The molecule has 1 saturated carbocycles. The molecule has 1 aliphatic carbocycles.